The third-order valence-electron chi connectivity index (χ3n) is 18.6. The SMILES string of the molecule is CCCCCCCCCCCCC1(CCCCCCCCCCCC)c2cc3c(cc2-c2c1cc(Br)c1n[se]nc21)C(CCCCCCCCCCCC)(CCCCCCCCCCCC)c1cc(Br)c2n[se]nc2c1-3. The van der Waals surface area contributed by atoms with Crippen LogP contribution in [-0.4, -0.2) is 45.8 Å². The number of aromatic nitrogens is 4. The van der Waals surface area contributed by atoms with E-state index >= 15 is 0 Å². The van der Waals surface area contributed by atoms with Gasteiger partial charge in [0, 0.05) is 0 Å². The van der Waals surface area contributed by atoms with E-state index in [0.717, 1.165) is 20.0 Å². The topological polar surface area (TPSA) is 51.6 Å². The monoisotopic (exact) mass is 1290 g/mol. The Balaban J connectivity index is 1.25. The van der Waals surface area contributed by atoms with Crippen LogP contribution in [0.5, 0.6) is 0 Å². The normalized spacial score (nSPS) is 14.1. The molecule has 0 fully saturated rings. The van der Waals surface area contributed by atoms with E-state index in [1.807, 2.05) is 0 Å². The summed E-state index contributed by atoms with van der Waals surface area (Å²) in [5.41, 5.74) is 16.7. The molecule has 0 saturated carbocycles. The van der Waals surface area contributed by atoms with Crippen LogP contribution in [0.2, 0.25) is 0 Å². The molecule has 2 aromatic heterocycles. The molecule has 2 aliphatic carbocycles. The van der Waals surface area contributed by atoms with E-state index in [9.17, 15) is 0 Å². The van der Waals surface area contributed by atoms with Gasteiger partial charge in [-0.25, -0.2) is 0 Å². The summed E-state index contributed by atoms with van der Waals surface area (Å²) in [5, 5.41) is 0. The van der Waals surface area contributed by atoms with Crippen LogP contribution in [0.1, 0.15) is 332 Å². The van der Waals surface area contributed by atoms with E-state index in [-0.39, 0.29) is 40.8 Å². The Hall–Kier alpha value is -1.14. The molecule has 422 valence electrons. The van der Waals surface area contributed by atoms with Crippen LogP contribution in [-0.2, 0) is 10.8 Å². The van der Waals surface area contributed by atoms with Crippen molar-refractivity contribution < 1.29 is 0 Å². The fraction of sp³-hybridized carbons (Fsp3) is 0.735. The van der Waals surface area contributed by atoms with E-state index < -0.39 is 0 Å². The van der Waals surface area contributed by atoms with Gasteiger partial charge in [0.15, 0.2) is 0 Å². The van der Waals surface area contributed by atoms with Crippen molar-refractivity contribution in [2.45, 2.75) is 321 Å². The molecule has 4 nitrogen and oxygen atoms in total. The maximum atomic E-state index is 5.38. The van der Waals surface area contributed by atoms with Crippen molar-refractivity contribution in [1.29, 1.82) is 0 Å². The molecule has 0 saturated heterocycles. The molecule has 7 rings (SSSR count). The molecule has 8 heteroatoms. The molecule has 3 aromatic carbocycles. The Labute approximate surface area is 494 Å². The van der Waals surface area contributed by atoms with Crippen molar-refractivity contribution in [3.05, 3.63) is 55.5 Å². The minimum absolute atomic E-state index is 0.0505. The molecule has 0 unspecified atom stereocenters. The molecule has 76 heavy (non-hydrogen) atoms. The van der Waals surface area contributed by atoms with Crippen molar-refractivity contribution in [3.63, 3.8) is 0 Å². The van der Waals surface area contributed by atoms with Gasteiger partial charge in [-0.3, -0.25) is 0 Å². The Morgan fingerprint density at radius 3 is 0.763 bits per heavy atom. The summed E-state index contributed by atoms with van der Waals surface area (Å²) in [7, 11) is 0. The van der Waals surface area contributed by atoms with E-state index in [4.69, 9.17) is 15.9 Å². The fourth-order valence-corrected chi connectivity index (χ4v) is 18.1. The minimum atomic E-state index is -0.111. The van der Waals surface area contributed by atoms with Crippen LogP contribution in [0.25, 0.3) is 44.3 Å². The quantitative estimate of drug-likeness (QED) is 0.0288. The molecule has 2 heterocycles. The summed E-state index contributed by atoms with van der Waals surface area (Å²) in [6.45, 7) is 9.33. The number of hydrogen-bond acceptors (Lipinski definition) is 4. The zero-order chi connectivity index (χ0) is 53.3. The molecule has 5 aromatic rings. The number of benzene rings is 3. The molecular formula is C68H104Br2N4Se2. The zero-order valence-corrected chi connectivity index (χ0v) is 55.4. The number of hydrogen-bond donors (Lipinski definition) is 0. The second-order valence-corrected chi connectivity index (χ2v) is 28.2. The third-order valence-corrected chi connectivity index (χ3v) is 22.0. The van der Waals surface area contributed by atoms with E-state index in [1.165, 1.54) is 316 Å². The fourth-order valence-electron chi connectivity index (χ4n) is 14.2. The van der Waals surface area contributed by atoms with Crippen molar-refractivity contribution in [2.24, 2.45) is 0 Å². The Morgan fingerprint density at radius 2 is 0.513 bits per heavy atom. The molecule has 0 aliphatic heterocycles. The van der Waals surface area contributed by atoms with Gasteiger partial charge >= 0.3 is 368 Å². The van der Waals surface area contributed by atoms with Crippen LogP contribution in [0.4, 0.5) is 0 Å². The van der Waals surface area contributed by atoms with Gasteiger partial charge in [-0.05, 0) is 0 Å². The summed E-state index contributed by atoms with van der Waals surface area (Å²) in [6.07, 6.45) is 59.7. The average molecular weight is 1300 g/mol. The molecule has 0 bridgehead atoms. The molecule has 0 N–H and O–H groups in total. The first-order chi connectivity index (χ1) is 37.5. The van der Waals surface area contributed by atoms with Gasteiger partial charge in [0.05, 0.1) is 0 Å². The van der Waals surface area contributed by atoms with Crippen LogP contribution in [0.15, 0.2) is 33.2 Å². The van der Waals surface area contributed by atoms with Gasteiger partial charge in [0.1, 0.15) is 0 Å². The first kappa shape index (κ1) is 62.5. The number of halogens is 2. The van der Waals surface area contributed by atoms with Crippen LogP contribution >= 0.6 is 31.9 Å². The number of fused-ring (bicyclic) bond motifs is 10. The summed E-state index contributed by atoms with van der Waals surface area (Å²) >= 11 is 8.09. The average Bonchev–Trinajstić information content (AvgIpc) is 4.38. The summed E-state index contributed by atoms with van der Waals surface area (Å²) in [6, 6.07) is 10.7. The maximum absolute atomic E-state index is 5.38. The van der Waals surface area contributed by atoms with E-state index in [2.05, 4.69) is 83.8 Å². The van der Waals surface area contributed by atoms with Crippen LogP contribution < -0.4 is 0 Å². The standard InChI is InChI=1S/C68H104Br2N4Se2/c1-5-9-13-17-21-25-29-33-37-41-45-67(46-42-38-34-30-26-22-18-14-10-6-2)55-49-54-56(50-53(55)61-57(67)51-59(69)63-65(61)73-75-71-63)68(47-43-39-35-31-27-23-19-15-11-7-3,48-44-40-36-32-28-24-20-16-12-8-4)58-52-60(70)64-66(62(54)58)74-76-72-64/h49-52H,5-48H2,1-4H3. The molecular weight excluding hydrogens is 1190 g/mol. The van der Waals surface area contributed by atoms with Crippen molar-refractivity contribution >= 4 is 83.9 Å². The van der Waals surface area contributed by atoms with Gasteiger partial charge in [-0.2, -0.15) is 0 Å². The van der Waals surface area contributed by atoms with Gasteiger partial charge < -0.3 is 0 Å². The Kier molecular flexibility index (Phi) is 28.2. The zero-order valence-electron chi connectivity index (χ0n) is 48.8. The van der Waals surface area contributed by atoms with Crippen LogP contribution in [0.3, 0.4) is 0 Å². The second kappa shape index (κ2) is 34.3. The molecule has 0 amide bonds. The Morgan fingerprint density at radius 1 is 0.289 bits per heavy atom. The van der Waals surface area contributed by atoms with Gasteiger partial charge in [0.25, 0.3) is 0 Å². The molecule has 0 spiro atoms. The second-order valence-electron chi connectivity index (χ2n) is 24.3. The molecule has 0 radical (unpaired) electrons. The van der Waals surface area contributed by atoms with Crippen LogP contribution in [0, 0.1) is 0 Å². The van der Waals surface area contributed by atoms with Gasteiger partial charge in [-0.15, -0.1) is 0 Å². The Bertz CT molecular complexity index is 2220. The van der Waals surface area contributed by atoms with Gasteiger partial charge in [-0.1, -0.05) is 130 Å². The predicted octanol–water partition coefficient (Wildman–Crippen LogP) is 23.0. The third kappa shape index (κ3) is 16.5. The van der Waals surface area contributed by atoms with E-state index in [0.29, 0.717) is 0 Å². The van der Waals surface area contributed by atoms with Crippen molar-refractivity contribution in [3.8, 4) is 22.3 Å². The summed E-state index contributed by atoms with van der Waals surface area (Å²) in [5.74, 6) is 0. The number of nitrogens with zero attached hydrogens (tertiary/aromatic N) is 4. The number of rotatable bonds is 44. The summed E-state index contributed by atoms with van der Waals surface area (Å²) in [4.78, 5) is 0. The van der Waals surface area contributed by atoms with Crippen molar-refractivity contribution in [2.75, 3.05) is 0 Å². The first-order valence-electron chi connectivity index (χ1n) is 32.6. The van der Waals surface area contributed by atoms with Crippen molar-refractivity contribution in [1.82, 2.24) is 15.9 Å². The summed E-state index contributed by atoms with van der Waals surface area (Å²) < 4.78 is 23.4. The molecule has 0 atom stereocenters. The van der Waals surface area contributed by atoms with Gasteiger partial charge in [0.2, 0.25) is 0 Å². The first-order valence-corrected chi connectivity index (χ1v) is 37.2. The number of unbranched alkanes of at least 4 members (excludes halogenated alkanes) is 36. The molecule has 2 aliphatic rings. The predicted molar refractivity (Wildman–Crippen MR) is 340 cm³/mol. The van der Waals surface area contributed by atoms with E-state index in [1.54, 1.807) is 22.3 Å².